The van der Waals surface area contributed by atoms with Crippen molar-refractivity contribution in [2.24, 2.45) is 59.8 Å². The lowest BCUT2D eigenvalue weighted by molar-refractivity contribution is -0.150. The Morgan fingerprint density at radius 3 is 1.45 bits per heavy atom. The normalized spacial score (nSPS) is 30.5. The number of allylic oxidation sites excluding steroid dienone is 6. The Morgan fingerprint density at radius 1 is 0.518 bits per heavy atom. The van der Waals surface area contributed by atoms with Crippen molar-refractivity contribution in [2.75, 3.05) is 46.2 Å². The van der Waals surface area contributed by atoms with Crippen molar-refractivity contribution in [2.45, 2.75) is 238 Å². The SMILES string of the molecule is CCCOC(=O)CC[C@@H]1/C2=C(\C)C3=NC([C@H](CC(=O)OCCC)[C@@]3(C)CCC(=O)OCCC)[C@@]3(C)N=C(/C(C)=C4\N/C(=C\C(=N2)C1(C)C)[C@@](C)(CCC(=O)OCCC)[C@]4(C)CC(=O)OCCC)[C@@H](CCC(=O)OCCC)[C@]3(C)CC(=O)OCCC. The summed E-state index contributed by atoms with van der Waals surface area (Å²) in [4.78, 5) is 117. The van der Waals surface area contributed by atoms with Crippen LogP contribution in [-0.2, 0) is 66.7 Å². The summed E-state index contributed by atoms with van der Waals surface area (Å²) in [7, 11) is 0. The van der Waals surface area contributed by atoms with Gasteiger partial charge in [0.05, 0.1) is 77.1 Å². The Bertz CT molecular complexity index is 2650. The van der Waals surface area contributed by atoms with Crippen LogP contribution in [0, 0.1) is 44.8 Å². The molecule has 8 bridgehead atoms. The number of rotatable bonds is 32. The minimum atomic E-state index is -1.40. The summed E-state index contributed by atoms with van der Waals surface area (Å²) < 4.78 is 40.8. The molecule has 0 aromatic heterocycles. The van der Waals surface area contributed by atoms with E-state index in [0.717, 1.165) is 0 Å². The predicted octanol–water partition coefficient (Wildman–Crippen LogP) is 12.4. The van der Waals surface area contributed by atoms with Crippen LogP contribution in [0.3, 0.4) is 0 Å². The van der Waals surface area contributed by atoms with Gasteiger partial charge in [0.25, 0.3) is 0 Å². The highest BCUT2D eigenvalue weighted by molar-refractivity contribution is 6.10. The van der Waals surface area contributed by atoms with Gasteiger partial charge in [0.1, 0.15) is 0 Å². The fourth-order valence-corrected chi connectivity index (χ4v) is 13.9. The van der Waals surface area contributed by atoms with Crippen molar-refractivity contribution in [3.63, 3.8) is 0 Å². The molecule has 0 aromatic rings. The number of ether oxygens (including phenoxy) is 7. The molecule has 1 N–H and O–H groups in total. The van der Waals surface area contributed by atoms with Crippen molar-refractivity contribution in [3.8, 4) is 0 Å². The lowest BCUT2D eigenvalue weighted by Gasteiger charge is -2.48. The van der Waals surface area contributed by atoms with Crippen LogP contribution in [0.15, 0.2) is 49.3 Å². The summed E-state index contributed by atoms with van der Waals surface area (Å²) >= 11 is 0. The first-order chi connectivity index (χ1) is 40.2. The molecule has 5 aliphatic rings. The first-order valence-electron chi connectivity index (χ1n) is 32.0. The van der Waals surface area contributed by atoms with Crippen molar-refractivity contribution in [1.29, 1.82) is 0 Å². The molecule has 0 amide bonds. The number of nitrogens with zero attached hydrogens (tertiary/aromatic N) is 3. The molecule has 1 unspecified atom stereocenters. The van der Waals surface area contributed by atoms with E-state index in [-0.39, 0.29) is 122 Å². The second-order valence-corrected chi connectivity index (χ2v) is 25.9. The average molecular weight is 1190 g/mol. The molecule has 0 aliphatic carbocycles. The van der Waals surface area contributed by atoms with Gasteiger partial charge in [-0.05, 0) is 109 Å². The van der Waals surface area contributed by atoms with E-state index >= 15 is 0 Å². The molecule has 5 heterocycles. The van der Waals surface area contributed by atoms with Crippen molar-refractivity contribution < 1.29 is 66.7 Å². The Morgan fingerprint density at radius 2 is 0.953 bits per heavy atom. The van der Waals surface area contributed by atoms with Gasteiger partial charge in [0.2, 0.25) is 0 Å². The van der Waals surface area contributed by atoms with Gasteiger partial charge < -0.3 is 38.5 Å². The van der Waals surface area contributed by atoms with Crippen LogP contribution in [0.2, 0.25) is 0 Å². The lowest BCUT2D eigenvalue weighted by atomic mass is 9.55. The molecule has 0 saturated carbocycles. The third kappa shape index (κ3) is 15.2. The molecule has 0 aromatic carbocycles. The first kappa shape index (κ1) is 70.1. The Hall–Kier alpha value is -5.68. The zero-order chi connectivity index (χ0) is 63.1. The molecule has 18 heteroatoms. The first-order valence-corrected chi connectivity index (χ1v) is 32.0. The molecule has 9 atom stereocenters. The molecule has 5 aliphatic heterocycles. The standard InChI is InChI=1S/C67H104N4O14/c1-17-32-79-50(72)26-24-45-57-43(8)59-63(12,30-28-52(74)81-34-19-3)47(39-54(76)83-36-21-5)61(70-59)67(16)65(14,41-55(77)84-37-22-6)46(25-27-51(73)80-33-18-2)58(71-67)44(9)60-66(15,42-56(78)85-38-23-7)64(13,31-29-53(75)82-35-20-4)49(69-60)40-48(68-57)62(45,10)11/h40,45-47,61,69H,17-39,41-42H2,1-16H3/b49-40-,57-43-,60-44-/t45-,46-,47+,61?,63-,64-,65+,66-,67-/m1/s1. The number of carbonyl (C=O) groups is 7. The van der Waals surface area contributed by atoms with Gasteiger partial charge in [0, 0.05) is 105 Å². The maximum absolute atomic E-state index is 14.7. The van der Waals surface area contributed by atoms with E-state index in [4.69, 9.17) is 48.1 Å². The number of carbonyl (C=O) groups excluding carboxylic acids is 7. The number of fused-ring (bicyclic) bond motifs is 6. The van der Waals surface area contributed by atoms with E-state index in [0.29, 0.717) is 96.7 Å². The van der Waals surface area contributed by atoms with Crippen molar-refractivity contribution in [3.05, 3.63) is 34.3 Å². The van der Waals surface area contributed by atoms with Gasteiger partial charge in [-0.1, -0.05) is 90.0 Å². The van der Waals surface area contributed by atoms with Crippen LogP contribution < -0.4 is 5.32 Å². The van der Waals surface area contributed by atoms with Crippen LogP contribution in [0.1, 0.15) is 226 Å². The van der Waals surface area contributed by atoms with Crippen molar-refractivity contribution in [1.82, 2.24) is 5.32 Å². The van der Waals surface area contributed by atoms with Crippen LogP contribution in [0.5, 0.6) is 0 Å². The molecule has 476 valence electrons. The number of hydrogen-bond acceptors (Lipinski definition) is 18. The van der Waals surface area contributed by atoms with Crippen LogP contribution in [0.4, 0.5) is 0 Å². The fourth-order valence-electron chi connectivity index (χ4n) is 13.9. The number of esters is 7. The minimum absolute atomic E-state index is 0.0116. The summed E-state index contributed by atoms with van der Waals surface area (Å²) in [6, 6.07) is -0.900. The van der Waals surface area contributed by atoms with E-state index in [9.17, 15) is 33.6 Å². The van der Waals surface area contributed by atoms with Gasteiger partial charge >= 0.3 is 41.8 Å². The number of aliphatic imine (C=N–C) groups is 3. The van der Waals surface area contributed by atoms with E-state index < -0.39 is 86.3 Å². The fraction of sp³-hybridized carbons (Fsp3) is 0.761. The summed E-state index contributed by atoms with van der Waals surface area (Å²) in [5.41, 5.74) is -1.50. The van der Waals surface area contributed by atoms with Crippen LogP contribution >= 0.6 is 0 Å². The monoisotopic (exact) mass is 1190 g/mol. The maximum Gasteiger partial charge on any atom is 0.306 e. The zero-order valence-electron chi connectivity index (χ0n) is 54.6. The van der Waals surface area contributed by atoms with E-state index in [1.54, 1.807) is 0 Å². The molecule has 85 heavy (non-hydrogen) atoms. The van der Waals surface area contributed by atoms with Crippen LogP contribution in [-0.4, -0.2) is 117 Å². The van der Waals surface area contributed by atoms with E-state index in [2.05, 4.69) is 26.1 Å². The van der Waals surface area contributed by atoms with E-state index in [1.165, 1.54) is 0 Å². The number of nitrogens with one attached hydrogen (secondary N) is 1. The highest BCUT2D eigenvalue weighted by atomic mass is 16.6. The third-order valence-electron chi connectivity index (χ3n) is 19.3. The molecule has 5 rings (SSSR count). The Labute approximate surface area is 507 Å². The molecule has 0 spiro atoms. The zero-order valence-corrected chi connectivity index (χ0v) is 54.6. The van der Waals surface area contributed by atoms with Gasteiger partial charge in [0.15, 0.2) is 0 Å². The number of hydrogen-bond donors (Lipinski definition) is 1. The molecule has 1 fully saturated rings. The second-order valence-electron chi connectivity index (χ2n) is 25.9. The molecular formula is C67H104N4O14. The van der Waals surface area contributed by atoms with Gasteiger partial charge in [-0.3, -0.25) is 48.5 Å². The summed E-state index contributed by atoms with van der Waals surface area (Å²) in [6.45, 7) is 33.3. The summed E-state index contributed by atoms with van der Waals surface area (Å²) in [5.74, 6) is -4.73. The largest absolute Gasteiger partial charge is 0.466 e. The van der Waals surface area contributed by atoms with Gasteiger partial charge in [-0.25, -0.2) is 0 Å². The molecule has 18 nitrogen and oxygen atoms in total. The predicted molar refractivity (Wildman–Crippen MR) is 327 cm³/mol. The quantitative estimate of drug-likeness (QED) is 0.0487. The topological polar surface area (TPSA) is 233 Å². The second kappa shape index (κ2) is 30.3. The van der Waals surface area contributed by atoms with E-state index in [1.807, 2.05) is 96.1 Å². The smallest absolute Gasteiger partial charge is 0.306 e. The van der Waals surface area contributed by atoms with Crippen LogP contribution in [0.25, 0.3) is 0 Å². The molecule has 0 radical (unpaired) electrons. The summed E-state index contributed by atoms with van der Waals surface area (Å²) in [6.07, 6.45) is 6.91. The van der Waals surface area contributed by atoms with Gasteiger partial charge in [-0.2, -0.15) is 0 Å². The molecular weight excluding hydrogens is 1080 g/mol. The molecule has 1 saturated heterocycles. The Balaban J connectivity index is 2.06. The lowest BCUT2D eigenvalue weighted by Crippen LogP contribution is -2.55. The Kier molecular flexibility index (Phi) is 25.0. The summed E-state index contributed by atoms with van der Waals surface area (Å²) in [5, 5.41) is 3.90. The van der Waals surface area contributed by atoms with Gasteiger partial charge in [-0.15, -0.1) is 0 Å². The highest BCUT2D eigenvalue weighted by Gasteiger charge is 2.67. The maximum atomic E-state index is 14.7. The van der Waals surface area contributed by atoms with Crippen molar-refractivity contribution >= 4 is 58.9 Å². The third-order valence-corrected chi connectivity index (χ3v) is 19.3. The minimum Gasteiger partial charge on any atom is -0.466 e. The average Bonchev–Trinajstić information content (AvgIpc) is 1.66. The highest BCUT2D eigenvalue weighted by Crippen LogP contribution is 2.64.